The van der Waals surface area contributed by atoms with Gasteiger partial charge in [0.05, 0.1) is 20.3 Å². The Balaban J connectivity index is 2.05. The Labute approximate surface area is 189 Å². The van der Waals surface area contributed by atoms with Gasteiger partial charge in [0, 0.05) is 29.4 Å². The number of nitrogens with zero attached hydrogens (tertiary/aromatic N) is 2. The van der Waals surface area contributed by atoms with Crippen molar-refractivity contribution in [2.75, 3.05) is 38.3 Å². The summed E-state index contributed by atoms with van der Waals surface area (Å²) >= 11 is 5.96. The van der Waals surface area contributed by atoms with Gasteiger partial charge in [-0.3, -0.25) is 19.4 Å². The van der Waals surface area contributed by atoms with Crippen molar-refractivity contribution >= 4 is 40.7 Å². The second-order valence-corrected chi connectivity index (χ2v) is 7.74. The fraction of sp³-hybridized carbons (Fsp3) is 0.261. The van der Waals surface area contributed by atoms with Crippen LogP contribution in [-0.2, 0) is 23.9 Å². The van der Waals surface area contributed by atoms with Crippen LogP contribution in [0.2, 0.25) is 5.02 Å². The topological polar surface area (TPSA) is 96.4 Å². The van der Waals surface area contributed by atoms with Gasteiger partial charge in [0.1, 0.15) is 11.3 Å². The first-order chi connectivity index (χ1) is 15.4. The molecule has 0 bridgehead atoms. The van der Waals surface area contributed by atoms with E-state index in [0.717, 1.165) is 4.90 Å². The SMILES string of the molecule is COC(=O)[C@@]1(N2CCOCC2)/C(=C(/O)c2ccc(Cl)cc2)C(=O)C(=O)N1c1ccccc1. The highest BCUT2D eigenvalue weighted by molar-refractivity contribution is 6.54. The molecule has 2 aliphatic heterocycles. The molecular weight excluding hydrogens is 436 g/mol. The maximum atomic E-state index is 13.5. The van der Waals surface area contributed by atoms with Crippen molar-refractivity contribution in [3.8, 4) is 0 Å². The van der Waals surface area contributed by atoms with Gasteiger partial charge in [0.15, 0.2) is 0 Å². The van der Waals surface area contributed by atoms with Crippen LogP contribution in [0, 0.1) is 0 Å². The highest BCUT2D eigenvalue weighted by Gasteiger charge is 2.66. The van der Waals surface area contributed by atoms with Crippen LogP contribution in [0.4, 0.5) is 5.69 Å². The quantitative estimate of drug-likeness (QED) is 0.326. The molecule has 32 heavy (non-hydrogen) atoms. The third-order valence-electron chi connectivity index (χ3n) is 5.60. The van der Waals surface area contributed by atoms with Crippen molar-refractivity contribution in [2.45, 2.75) is 5.66 Å². The summed E-state index contributed by atoms with van der Waals surface area (Å²) in [6, 6.07) is 14.5. The van der Waals surface area contributed by atoms with Crippen LogP contribution in [0.25, 0.3) is 5.76 Å². The lowest BCUT2D eigenvalue weighted by Crippen LogP contribution is -2.67. The van der Waals surface area contributed by atoms with Gasteiger partial charge in [-0.15, -0.1) is 0 Å². The number of para-hydroxylation sites is 1. The van der Waals surface area contributed by atoms with Gasteiger partial charge in [-0.2, -0.15) is 0 Å². The van der Waals surface area contributed by atoms with Gasteiger partial charge in [0.25, 0.3) is 5.78 Å². The third-order valence-corrected chi connectivity index (χ3v) is 5.86. The Morgan fingerprint density at radius 2 is 1.69 bits per heavy atom. The molecule has 0 aromatic heterocycles. The fourth-order valence-electron chi connectivity index (χ4n) is 4.18. The summed E-state index contributed by atoms with van der Waals surface area (Å²) in [5.41, 5.74) is -1.80. The molecular formula is C23H21ClN2O6. The monoisotopic (exact) mass is 456 g/mol. The number of halogens is 1. The van der Waals surface area contributed by atoms with E-state index < -0.39 is 29.1 Å². The van der Waals surface area contributed by atoms with Gasteiger partial charge >= 0.3 is 11.9 Å². The number of morpholine rings is 1. The molecule has 2 fully saturated rings. The molecule has 0 radical (unpaired) electrons. The molecule has 4 rings (SSSR count). The first-order valence-corrected chi connectivity index (χ1v) is 10.4. The second-order valence-electron chi connectivity index (χ2n) is 7.30. The average molecular weight is 457 g/mol. The van der Waals surface area contributed by atoms with E-state index in [4.69, 9.17) is 21.1 Å². The number of amides is 1. The van der Waals surface area contributed by atoms with Crippen molar-refractivity contribution in [1.29, 1.82) is 0 Å². The molecule has 9 heteroatoms. The zero-order valence-electron chi connectivity index (χ0n) is 17.3. The number of anilines is 1. The molecule has 1 atom stereocenters. The molecule has 8 nitrogen and oxygen atoms in total. The maximum Gasteiger partial charge on any atom is 0.352 e. The van der Waals surface area contributed by atoms with E-state index in [1.54, 1.807) is 47.4 Å². The van der Waals surface area contributed by atoms with Crippen molar-refractivity contribution < 1.29 is 29.0 Å². The number of Topliss-reactive ketones (excluding diaryl/α,β-unsaturated/α-hetero) is 1. The number of methoxy groups -OCH3 is 1. The van der Waals surface area contributed by atoms with Crippen LogP contribution in [0.3, 0.4) is 0 Å². The summed E-state index contributed by atoms with van der Waals surface area (Å²) in [6.45, 7) is 1.02. The van der Waals surface area contributed by atoms with E-state index in [9.17, 15) is 19.5 Å². The van der Waals surface area contributed by atoms with Crippen LogP contribution in [-0.4, -0.2) is 66.7 Å². The Morgan fingerprint density at radius 1 is 1.06 bits per heavy atom. The number of benzene rings is 2. The smallest absolute Gasteiger partial charge is 0.352 e. The van der Waals surface area contributed by atoms with E-state index in [1.165, 1.54) is 19.2 Å². The minimum absolute atomic E-state index is 0.233. The number of carbonyl (C=O) groups excluding carboxylic acids is 3. The Kier molecular flexibility index (Phi) is 6.01. The van der Waals surface area contributed by atoms with E-state index in [2.05, 4.69) is 0 Å². The number of ketones is 1. The van der Waals surface area contributed by atoms with Crippen molar-refractivity contribution in [2.24, 2.45) is 0 Å². The zero-order chi connectivity index (χ0) is 22.9. The summed E-state index contributed by atoms with van der Waals surface area (Å²) in [6.07, 6.45) is 0. The molecule has 1 N–H and O–H groups in total. The molecule has 2 heterocycles. The summed E-state index contributed by atoms with van der Waals surface area (Å²) in [7, 11) is 1.18. The summed E-state index contributed by atoms with van der Waals surface area (Å²) in [5, 5.41) is 11.7. The third kappa shape index (κ3) is 3.37. The van der Waals surface area contributed by atoms with E-state index in [1.807, 2.05) is 0 Å². The van der Waals surface area contributed by atoms with Crippen molar-refractivity contribution in [3.63, 3.8) is 0 Å². The standard InChI is InChI=1S/C23H21ClN2O6/c1-31-22(30)23(25-11-13-32-14-12-25)18(19(27)15-7-9-16(24)10-8-15)20(28)21(29)26(23)17-5-3-2-4-6-17/h2-10,27H,11-14H2,1H3/b19-18+/t23-/m1/s1. The highest BCUT2D eigenvalue weighted by atomic mass is 35.5. The van der Waals surface area contributed by atoms with Gasteiger partial charge in [-0.05, 0) is 36.4 Å². The van der Waals surface area contributed by atoms with E-state index in [-0.39, 0.29) is 37.4 Å². The van der Waals surface area contributed by atoms with Crippen LogP contribution < -0.4 is 4.90 Å². The number of hydrogen-bond donors (Lipinski definition) is 1. The molecule has 0 aliphatic carbocycles. The molecule has 0 spiro atoms. The summed E-state index contributed by atoms with van der Waals surface area (Å²) in [4.78, 5) is 42.9. The summed E-state index contributed by atoms with van der Waals surface area (Å²) in [5.74, 6) is -3.28. The van der Waals surface area contributed by atoms with Crippen molar-refractivity contribution in [3.05, 3.63) is 70.8 Å². The summed E-state index contributed by atoms with van der Waals surface area (Å²) < 4.78 is 10.6. The normalized spacial score (nSPS) is 23.4. The number of hydrogen-bond acceptors (Lipinski definition) is 7. The van der Waals surface area contributed by atoms with E-state index in [0.29, 0.717) is 10.7 Å². The Morgan fingerprint density at radius 3 is 2.28 bits per heavy atom. The van der Waals surface area contributed by atoms with Gasteiger partial charge in [-0.25, -0.2) is 4.79 Å². The molecule has 2 aromatic carbocycles. The lowest BCUT2D eigenvalue weighted by molar-refractivity contribution is -0.155. The minimum Gasteiger partial charge on any atom is -0.507 e. The molecule has 2 aliphatic rings. The Hall–Kier alpha value is -3.20. The number of carbonyl (C=O) groups is 3. The molecule has 0 saturated carbocycles. The average Bonchev–Trinajstić information content (AvgIpc) is 3.07. The number of aliphatic hydroxyl groups excluding tert-OH is 1. The fourth-order valence-corrected chi connectivity index (χ4v) is 4.31. The molecule has 0 unspecified atom stereocenters. The number of ether oxygens (including phenoxy) is 2. The largest absolute Gasteiger partial charge is 0.507 e. The van der Waals surface area contributed by atoms with Crippen LogP contribution in [0.5, 0.6) is 0 Å². The zero-order valence-corrected chi connectivity index (χ0v) is 18.0. The van der Waals surface area contributed by atoms with Crippen LogP contribution >= 0.6 is 11.6 Å². The maximum absolute atomic E-state index is 13.5. The van der Waals surface area contributed by atoms with E-state index >= 15 is 0 Å². The molecule has 1 amide bonds. The number of esters is 1. The first kappa shape index (κ1) is 22.0. The molecule has 2 saturated heterocycles. The number of aliphatic hydroxyl groups is 1. The molecule has 166 valence electrons. The van der Waals surface area contributed by atoms with Crippen LogP contribution in [0.15, 0.2) is 60.2 Å². The number of rotatable bonds is 4. The Bertz CT molecular complexity index is 1080. The lowest BCUT2D eigenvalue weighted by Gasteiger charge is -2.45. The predicted octanol–water partition coefficient (Wildman–Crippen LogP) is 2.43. The van der Waals surface area contributed by atoms with Gasteiger partial charge in [-0.1, -0.05) is 29.8 Å². The predicted molar refractivity (Wildman–Crippen MR) is 117 cm³/mol. The second kappa shape index (κ2) is 8.74. The van der Waals surface area contributed by atoms with Crippen molar-refractivity contribution in [1.82, 2.24) is 4.90 Å². The van der Waals surface area contributed by atoms with Gasteiger partial charge < -0.3 is 14.6 Å². The highest BCUT2D eigenvalue weighted by Crippen LogP contribution is 2.44. The van der Waals surface area contributed by atoms with Gasteiger partial charge in [0.2, 0.25) is 5.66 Å². The van der Waals surface area contributed by atoms with Crippen LogP contribution in [0.1, 0.15) is 5.56 Å². The lowest BCUT2D eigenvalue weighted by atomic mass is 9.92. The minimum atomic E-state index is -2.00. The first-order valence-electron chi connectivity index (χ1n) is 9.97. The molecule has 2 aromatic rings.